The van der Waals surface area contributed by atoms with Crippen molar-refractivity contribution in [2.45, 2.75) is 32.4 Å². The van der Waals surface area contributed by atoms with E-state index in [1.165, 1.54) is 0 Å². The lowest BCUT2D eigenvalue weighted by molar-refractivity contribution is -0.154. The molecule has 6 heteroatoms. The van der Waals surface area contributed by atoms with Crippen LogP contribution >= 0.6 is 11.3 Å². The van der Waals surface area contributed by atoms with Crippen molar-refractivity contribution in [1.82, 2.24) is 5.32 Å². The van der Waals surface area contributed by atoms with Crippen LogP contribution in [-0.2, 0) is 27.3 Å². The largest absolute Gasteiger partial charge is 0.497 e. The van der Waals surface area contributed by atoms with Gasteiger partial charge in [-0.05, 0) is 42.5 Å². The van der Waals surface area contributed by atoms with Gasteiger partial charge in [0.15, 0.2) is 6.10 Å². The average molecular weight is 347 g/mol. The van der Waals surface area contributed by atoms with E-state index in [0.717, 1.165) is 16.2 Å². The van der Waals surface area contributed by atoms with Crippen molar-refractivity contribution in [2.75, 3.05) is 7.11 Å². The molecule has 0 aliphatic heterocycles. The van der Waals surface area contributed by atoms with Crippen LogP contribution in [0.2, 0.25) is 0 Å². The van der Waals surface area contributed by atoms with Crippen LogP contribution in [-0.4, -0.2) is 25.1 Å². The summed E-state index contributed by atoms with van der Waals surface area (Å²) in [6, 6.07) is 11.4. The van der Waals surface area contributed by atoms with Gasteiger partial charge in [0.05, 0.1) is 13.7 Å². The van der Waals surface area contributed by atoms with Crippen LogP contribution in [0.3, 0.4) is 0 Å². The average Bonchev–Trinajstić information content (AvgIpc) is 3.11. The van der Waals surface area contributed by atoms with Crippen molar-refractivity contribution in [3.63, 3.8) is 0 Å². The molecule has 0 radical (unpaired) electrons. The van der Waals surface area contributed by atoms with Crippen molar-refractivity contribution in [3.8, 4) is 5.75 Å². The maximum atomic E-state index is 11.9. The van der Waals surface area contributed by atoms with E-state index in [9.17, 15) is 9.59 Å². The molecule has 1 amide bonds. The number of nitrogens with one attached hydrogen (secondary N) is 1. The second-order valence-electron chi connectivity index (χ2n) is 5.28. The number of thiophene rings is 1. The van der Waals surface area contributed by atoms with Gasteiger partial charge in [0.2, 0.25) is 0 Å². The molecular weight excluding hydrogens is 326 g/mol. The van der Waals surface area contributed by atoms with E-state index in [-0.39, 0.29) is 18.3 Å². The highest BCUT2D eigenvalue weighted by Gasteiger charge is 2.17. The van der Waals surface area contributed by atoms with E-state index in [2.05, 4.69) is 5.32 Å². The lowest BCUT2D eigenvalue weighted by Crippen LogP contribution is -2.35. The predicted molar refractivity (Wildman–Crippen MR) is 93.0 cm³/mol. The van der Waals surface area contributed by atoms with Crippen molar-refractivity contribution in [2.24, 2.45) is 0 Å². The van der Waals surface area contributed by atoms with Gasteiger partial charge in [-0.15, -0.1) is 11.3 Å². The molecule has 1 N–H and O–H groups in total. The number of hydrogen-bond acceptors (Lipinski definition) is 5. The summed E-state index contributed by atoms with van der Waals surface area (Å²) in [6.07, 6.45) is -0.00495. The van der Waals surface area contributed by atoms with Gasteiger partial charge in [-0.2, -0.15) is 0 Å². The van der Waals surface area contributed by atoms with E-state index in [0.29, 0.717) is 13.0 Å². The summed E-state index contributed by atoms with van der Waals surface area (Å²) < 4.78 is 10.3. The molecular formula is C18H21NO4S. The SMILES string of the molecule is COc1ccc(CCC(=O)O[C@H](C)C(=O)NCc2cccs2)cc1. The molecule has 0 saturated heterocycles. The Kier molecular flexibility index (Phi) is 6.81. The molecule has 1 heterocycles. The Labute approximate surface area is 145 Å². The van der Waals surface area contributed by atoms with Crippen molar-refractivity contribution < 1.29 is 19.1 Å². The maximum absolute atomic E-state index is 11.9. The molecule has 5 nitrogen and oxygen atoms in total. The molecule has 0 spiro atoms. The van der Waals surface area contributed by atoms with Crippen LogP contribution in [0.15, 0.2) is 41.8 Å². The Hall–Kier alpha value is -2.34. The Morgan fingerprint density at radius 1 is 1.21 bits per heavy atom. The number of carbonyl (C=O) groups is 2. The number of esters is 1. The summed E-state index contributed by atoms with van der Waals surface area (Å²) in [4.78, 5) is 24.8. The monoisotopic (exact) mass is 347 g/mol. The zero-order valence-electron chi connectivity index (χ0n) is 13.8. The number of carbonyl (C=O) groups excluding carboxylic acids is 2. The lowest BCUT2D eigenvalue weighted by atomic mass is 10.1. The third kappa shape index (κ3) is 5.70. The summed E-state index contributed by atoms with van der Waals surface area (Å²) in [6.45, 7) is 2.03. The molecule has 128 valence electrons. The summed E-state index contributed by atoms with van der Waals surface area (Å²) in [5.41, 5.74) is 1.02. The molecule has 0 unspecified atom stereocenters. The van der Waals surface area contributed by atoms with Crippen LogP contribution in [0.25, 0.3) is 0 Å². The Morgan fingerprint density at radius 2 is 1.96 bits per heavy atom. The van der Waals surface area contributed by atoms with Gasteiger partial charge < -0.3 is 14.8 Å². The minimum absolute atomic E-state index is 0.231. The van der Waals surface area contributed by atoms with Crippen molar-refractivity contribution in [3.05, 3.63) is 52.2 Å². The molecule has 1 aromatic heterocycles. The van der Waals surface area contributed by atoms with E-state index in [1.54, 1.807) is 25.4 Å². The second-order valence-corrected chi connectivity index (χ2v) is 6.31. The first-order valence-electron chi connectivity index (χ1n) is 7.71. The normalized spacial score (nSPS) is 11.6. The van der Waals surface area contributed by atoms with Crippen molar-refractivity contribution in [1.29, 1.82) is 0 Å². The standard InChI is InChI=1S/C18H21NO4S/c1-13(18(21)19-12-16-4-3-11-24-16)23-17(20)10-7-14-5-8-15(22-2)9-6-14/h3-6,8-9,11,13H,7,10,12H2,1-2H3,(H,19,21)/t13-/m1/s1. The quantitative estimate of drug-likeness (QED) is 0.746. The van der Waals surface area contributed by atoms with Crippen LogP contribution in [0, 0.1) is 0 Å². The van der Waals surface area contributed by atoms with Gasteiger partial charge >= 0.3 is 5.97 Å². The van der Waals surface area contributed by atoms with Gasteiger partial charge in [-0.25, -0.2) is 0 Å². The second kappa shape index (κ2) is 9.08. The van der Waals surface area contributed by atoms with Gasteiger partial charge in [-0.1, -0.05) is 18.2 Å². The molecule has 2 aromatic rings. The predicted octanol–water partition coefficient (Wildman–Crippen LogP) is 2.94. The molecule has 1 atom stereocenters. The third-order valence-corrected chi connectivity index (χ3v) is 4.35. The van der Waals surface area contributed by atoms with Gasteiger partial charge in [0.1, 0.15) is 5.75 Å². The fraction of sp³-hybridized carbons (Fsp3) is 0.333. The Bertz CT molecular complexity index is 652. The van der Waals surface area contributed by atoms with Crippen molar-refractivity contribution >= 4 is 23.2 Å². The molecule has 0 aliphatic carbocycles. The zero-order valence-corrected chi connectivity index (χ0v) is 14.6. The van der Waals surface area contributed by atoms with Gasteiger partial charge in [0.25, 0.3) is 5.91 Å². The van der Waals surface area contributed by atoms with E-state index in [4.69, 9.17) is 9.47 Å². The zero-order chi connectivity index (χ0) is 17.4. The van der Waals surface area contributed by atoms with E-state index < -0.39 is 6.10 Å². The minimum atomic E-state index is -0.798. The minimum Gasteiger partial charge on any atom is -0.497 e. The smallest absolute Gasteiger partial charge is 0.306 e. The van der Waals surface area contributed by atoms with Gasteiger partial charge in [0, 0.05) is 11.3 Å². The number of ether oxygens (including phenoxy) is 2. The van der Waals surface area contributed by atoms with Crippen LogP contribution in [0.5, 0.6) is 5.75 Å². The molecule has 2 rings (SSSR count). The number of rotatable bonds is 8. The molecule has 1 aromatic carbocycles. The first kappa shape index (κ1) is 18.0. The summed E-state index contributed by atoms with van der Waals surface area (Å²) in [5, 5.41) is 4.71. The number of benzene rings is 1. The maximum Gasteiger partial charge on any atom is 0.306 e. The van der Waals surface area contributed by atoms with E-state index >= 15 is 0 Å². The number of amides is 1. The highest BCUT2D eigenvalue weighted by molar-refractivity contribution is 7.09. The highest BCUT2D eigenvalue weighted by Crippen LogP contribution is 2.13. The fourth-order valence-electron chi connectivity index (χ4n) is 2.08. The topological polar surface area (TPSA) is 64.6 Å². The first-order valence-corrected chi connectivity index (χ1v) is 8.59. The van der Waals surface area contributed by atoms with Gasteiger partial charge in [-0.3, -0.25) is 9.59 Å². The Balaban J connectivity index is 1.71. The molecule has 24 heavy (non-hydrogen) atoms. The lowest BCUT2D eigenvalue weighted by Gasteiger charge is -2.13. The number of methoxy groups -OCH3 is 1. The highest BCUT2D eigenvalue weighted by atomic mass is 32.1. The third-order valence-electron chi connectivity index (χ3n) is 3.47. The Morgan fingerprint density at radius 3 is 2.58 bits per heavy atom. The summed E-state index contributed by atoms with van der Waals surface area (Å²) in [7, 11) is 1.61. The molecule has 0 bridgehead atoms. The summed E-state index contributed by atoms with van der Waals surface area (Å²) >= 11 is 1.57. The summed E-state index contributed by atoms with van der Waals surface area (Å²) in [5.74, 6) is 0.100. The van der Waals surface area contributed by atoms with E-state index in [1.807, 2.05) is 41.8 Å². The first-order chi connectivity index (χ1) is 11.6. The number of hydrogen-bond donors (Lipinski definition) is 1. The molecule has 0 saturated carbocycles. The molecule has 0 fully saturated rings. The van der Waals surface area contributed by atoms with Crippen LogP contribution in [0.4, 0.5) is 0 Å². The fourth-order valence-corrected chi connectivity index (χ4v) is 2.72. The van der Waals surface area contributed by atoms with Crippen LogP contribution < -0.4 is 10.1 Å². The number of aryl methyl sites for hydroxylation is 1. The van der Waals surface area contributed by atoms with Crippen LogP contribution in [0.1, 0.15) is 23.8 Å². The molecule has 0 aliphatic rings.